The average molecular weight is 310 g/mol. The Morgan fingerprint density at radius 2 is 2.06 bits per heavy atom. The SMILES string of the molecule is CNC(c1cnc(C)cn1)c1cccc(Br)c1F. The van der Waals surface area contributed by atoms with Crippen LogP contribution in [-0.2, 0) is 0 Å². The molecule has 1 atom stereocenters. The van der Waals surface area contributed by atoms with Gasteiger partial charge in [-0.1, -0.05) is 12.1 Å². The third kappa shape index (κ3) is 2.57. The first kappa shape index (κ1) is 13.1. The van der Waals surface area contributed by atoms with E-state index in [4.69, 9.17) is 0 Å². The molecule has 1 aromatic heterocycles. The van der Waals surface area contributed by atoms with E-state index in [1.165, 1.54) is 0 Å². The number of hydrogen-bond acceptors (Lipinski definition) is 3. The Morgan fingerprint density at radius 1 is 1.28 bits per heavy atom. The van der Waals surface area contributed by atoms with Gasteiger partial charge in [-0.05, 0) is 36.0 Å². The number of aromatic nitrogens is 2. The van der Waals surface area contributed by atoms with Gasteiger partial charge in [-0.15, -0.1) is 0 Å². The number of halogens is 2. The van der Waals surface area contributed by atoms with Gasteiger partial charge in [0.2, 0.25) is 0 Å². The lowest BCUT2D eigenvalue weighted by Crippen LogP contribution is -2.20. The van der Waals surface area contributed by atoms with Crippen LogP contribution in [-0.4, -0.2) is 17.0 Å². The largest absolute Gasteiger partial charge is 0.308 e. The lowest BCUT2D eigenvalue weighted by atomic mass is 10.0. The van der Waals surface area contributed by atoms with Gasteiger partial charge >= 0.3 is 0 Å². The van der Waals surface area contributed by atoms with Gasteiger partial charge in [0.05, 0.1) is 28.1 Å². The highest BCUT2D eigenvalue weighted by molar-refractivity contribution is 9.10. The van der Waals surface area contributed by atoms with Crippen molar-refractivity contribution in [3.05, 3.63) is 57.8 Å². The summed E-state index contributed by atoms with van der Waals surface area (Å²) in [7, 11) is 1.77. The zero-order chi connectivity index (χ0) is 13.1. The van der Waals surface area contributed by atoms with E-state index in [0.717, 1.165) is 5.69 Å². The Bertz CT molecular complexity index is 542. The molecule has 3 nitrogen and oxygen atoms in total. The maximum atomic E-state index is 14.1. The number of nitrogens with one attached hydrogen (secondary N) is 1. The van der Waals surface area contributed by atoms with E-state index >= 15 is 0 Å². The van der Waals surface area contributed by atoms with Gasteiger partial charge in [0.15, 0.2) is 0 Å². The van der Waals surface area contributed by atoms with Crippen LogP contribution in [0.25, 0.3) is 0 Å². The van der Waals surface area contributed by atoms with Gasteiger partial charge in [-0.3, -0.25) is 9.97 Å². The van der Waals surface area contributed by atoms with Gasteiger partial charge < -0.3 is 5.32 Å². The maximum absolute atomic E-state index is 14.1. The van der Waals surface area contributed by atoms with E-state index in [9.17, 15) is 4.39 Å². The molecule has 0 spiro atoms. The zero-order valence-electron chi connectivity index (χ0n) is 10.1. The molecule has 5 heteroatoms. The molecule has 1 heterocycles. The smallest absolute Gasteiger partial charge is 0.142 e. The summed E-state index contributed by atoms with van der Waals surface area (Å²) in [4.78, 5) is 8.48. The van der Waals surface area contributed by atoms with Crippen LogP contribution < -0.4 is 5.32 Å². The van der Waals surface area contributed by atoms with Gasteiger partial charge in [-0.25, -0.2) is 4.39 Å². The van der Waals surface area contributed by atoms with Crippen molar-refractivity contribution in [2.45, 2.75) is 13.0 Å². The monoisotopic (exact) mass is 309 g/mol. The fraction of sp³-hybridized carbons (Fsp3) is 0.231. The topological polar surface area (TPSA) is 37.8 Å². The lowest BCUT2D eigenvalue weighted by molar-refractivity contribution is 0.564. The van der Waals surface area contributed by atoms with Crippen LogP contribution in [0.15, 0.2) is 35.1 Å². The minimum Gasteiger partial charge on any atom is -0.308 e. The molecule has 1 unspecified atom stereocenters. The highest BCUT2D eigenvalue weighted by Crippen LogP contribution is 2.26. The molecule has 18 heavy (non-hydrogen) atoms. The number of benzene rings is 1. The Labute approximate surface area is 114 Å². The predicted molar refractivity (Wildman–Crippen MR) is 71.8 cm³/mol. The zero-order valence-corrected chi connectivity index (χ0v) is 11.7. The summed E-state index contributed by atoms with van der Waals surface area (Å²) in [6.45, 7) is 1.87. The molecule has 0 aliphatic rings. The quantitative estimate of drug-likeness (QED) is 0.947. The molecule has 1 N–H and O–H groups in total. The van der Waals surface area contributed by atoms with Crippen LogP contribution >= 0.6 is 15.9 Å². The van der Waals surface area contributed by atoms with Crippen LogP contribution in [0.2, 0.25) is 0 Å². The van der Waals surface area contributed by atoms with Crippen molar-refractivity contribution in [3.63, 3.8) is 0 Å². The first-order valence-corrected chi connectivity index (χ1v) is 6.32. The van der Waals surface area contributed by atoms with Crippen LogP contribution in [0, 0.1) is 12.7 Å². The molecule has 0 aliphatic heterocycles. The van der Waals surface area contributed by atoms with Crippen molar-refractivity contribution in [2.24, 2.45) is 0 Å². The molecular weight excluding hydrogens is 297 g/mol. The molecule has 1 aromatic carbocycles. The number of hydrogen-bond donors (Lipinski definition) is 1. The van der Waals surface area contributed by atoms with E-state index in [1.54, 1.807) is 37.6 Å². The van der Waals surface area contributed by atoms with E-state index < -0.39 is 0 Å². The molecule has 0 radical (unpaired) electrons. The molecule has 0 bridgehead atoms. The van der Waals surface area contributed by atoms with E-state index in [2.05, 4.69) is 31.2 Å². The van der Waals surface area contributed by atoms with Crippen molar-refractivity contribution in [2.75, 3.05) is 7.05 Å². The Balaban J connectivity index is 2.45. The summed E-state index contributed by atoms with van der Waals surface area (Å²) in [6.07, 6.45) is 3.34. The molecule has 2 aromatic rings. The van der Waals surface area contributed by atoms with Crippen LogP contribution in [0.1, 0.15) is 23.0 Å². The van der Waals surface area contributed by atoms with Crippen molar-refractivity contribution in [1.82, 2.24) is 15.3 Å². The fourth-order valence-electron chi connectivity index (χ4n) is 1.76. The van der Waals surface area contributed by atoms with Gasteiger partial charge in [0, 0.05) is 11.8 Å². The van der Waals surface area contributed by atoms with Crippen molar-refractivity contribution in [1.29, 1.82) is 0 Å². The molecule has 0 amide bonds. The standard InChI is InChI=1S/C13H13BrFN3/c1-8-6-18-11(7-17-8)13(16-2)9-4-3-5-10(14)12(9)15/h3-7,13,16H,1-2H3. The second-order valence-electron chi connectivity index (χ2n) is 3.95. The highest BCUT2D eigenvalue weighted by atomic mass is 79.9. The Kier molecular flexibility index (Phi) is 4.04. The molecule has 0 saturated heterocycles. The number of rotatable bonds is 3. The maximum Gasteiger partial charge on any atom is 0.142 e. The summed E-state index contributed by atoms with van der Waals surface area (Å²) in [5.41, 5.74) is 2.08. The summed E-state index contributed by atoms with van der Waals surface area (Å²) in [5.74, 6) is -0.278. The van der Waals surface area contributed by atoms with Crippen molar-refractivity contribution < 1.29 is 4.39 Å². The number of aryl methyl sites for hydroxylation is 1. The van der Waals surface area contributed by atoms with Gasteiger partial charge in [-0.2, -0.15) is 0 Å². The minimum absolute atomic E-state index is 0.278. The first-order chi connectivity index (χ1) is 8.63. The lowest BCUT2D eigenvalue weighted by Gasteiger charge is -2.17. The summed E-state index contributed by atoms with van der Waals surface area (Å²) < 4.78 is 14.5. The second kappa shape index (κ2) is 5.54. The minimum atomic E-state index is -0.310. The third-order valence-electron chi connectivity index (χ3n) is 2.68. The predicted octanol–water partition coefficient (Wildman–Crippen LogP) is 3.00. The molecule has 0 aliphatic carbocycles. The summed E-state index contributed by atoms with van der Waals surface area (Å²) in [6, 6.07) is 4.90. The highest BCUT2D eigenvalue weighted by Gasteiger charge is 2.18. The van der Waals surface area contributed by atoms with E-state index in [1.807, 2.05) is 6.92 Å². The Morgan fingerprint density at radius 3 is 2.67 bits per heavy atom. The van der Waals surface area contributed by atoms with Gasteiger partial charge in [0.25, 0.3) is 0 Å². The normalized spacial score (nSPS) is 12.4. The average Bonchev–Trinajstić information content (AvgIpc) is 2.37. The van der Waals surface area contributed by atoms with Gasteiger partial charge in [0.1, 0.15) is 5.82 Å². The number of nitrogens with zero attached hydrogens (tertiary/aromatic N) is 2. The Hall–Kier alpha value is -1.33. The second-order valence-corrected chi connectivity index (χ2v) is 4.80. The van der Waals surface area contributed by atoms with Crippen LogP contribution in [0.5, 0.6) is 0 Å². The molecule has 2 rings (SSSR count). The fourth-order valence-corrected chi connectivity index (χ4v) is 2.14. The molecular formula is C13H13BrFN3. The van der Waals surface area contributed by atoms with Crippen molar-refractivity contribution in [3.8, 4) is 0 Å². The van der Waals surface area contributed by atoms with E-state index in [0.29, 0.717) is 15.7 Å². The van der Waals surface area contributed by atoms with Crippen LogP contribution in [0.4, 0.5) is 4.39 Å². The van der Waals surface area contributed by atoms with Crippen LogP contribution in [0.3, 0.4) is 0 Å². The summed E-state index contributed by atoms with van der Waals surface area (Å²) >= 11 is 3.19. The van der Waals surface area contributed by atoms with E-state index in [-0.39, 0.29) is 11.9 Å². The molecule has 94 valence electrons. The molecule has 0 saturated carbocycles. The first-order valence-electron chi connectivity index (χ1n) is 5.53. The third-order valence-corrected chi connectivity index (χ3v) is 3.29. The molecule has 0 fully saturated rings. The summed E-state index contributed by atoms with van der Waals surface area (Å²) in [5, 5.41) is 3.06. The van der Waals surface area contributed by atoms with Crippen molar-refractivity contribution >= 4 is 15.9 Å².